The predicted octanol–water partition coefficient (Wildman–Crippen LogP) is -2.14. The number of unbranched alkanes of at least 4 members (excludes halogenated alkanes) is 2. The highest BCUT2D eigenvalue weighted by atomic mass is 32.2. The Morgan fingerprint density at radius 3 is 1.67 bits per heavy atom. The molecule has 8 rings (SSSR count). The van der Waals surface area contributed by atoms with E-state index in [0.717, 1.165) is 36.3 Å². The van der Waals surface area contributed by atoms with Crippen LogP contribution >= 0.6 is 11.8 Å². The van der Waals surface area contributed by atoms with E-state index in [-0.39, 0.29) is 89.6 Å². The number of likely N-dealkylation sites (N-methyl/N-ethyl adjacent to an activating group) is 4. The van der Waals surface area contributed by atoms with Gasteiger partial charge in [-0.25, -0.2) is 4.98 Å². The summed E-state index contributed by atoms with van der Waals surface area (Å²) >= 11 is 0.795. The summed E-state index contributed by atoms with van der Waals surface area (Å²) in [5.74, 6) is -17.1. The van der Waals surface area contributed by atoms with Gasteiger partial charge in [-0.1, -0.05) is 120 Å². The number of benzene rings is 3. The number of aliphatic hydroxyl groups excluding tert-OH is 1. The number of guanidine groups is 1. The molecule has 2 fully saturated rings. The van der Waals surface area contributed by atoms with Crippen LogP contribution in [0.15, 0.2) is 104 Å². The number of nitrogens with zero attached hydrogens (tertiary/aromatic N) is 6. The number of aromatic nitrogens is 4. The number of H-pyrrole nitrogens is 3. The van der Waals surface area contributed by atoms with Crippen molar-refractivity contribution in [1.29, 1.82) is 5.41 Å². The van der Waals surface area contributed by atoms with E-state index in [2.05, 4.69) is 78.4 Å². The number of aromatic amines is 3. The fraction of sp³-hybridized carbons (Fsp3) is 0.517. The van der Waals surface area contributed by atoms with Gasteiger partial charge in [-0.3, -0.25) is 86.9 Å². The number of fused-ring (bicyclic) bond motifs is 3. The molecule has 5 heterocycles. The van der Waals surface area contributed by atoms with Crippen LogP contribution in [0.1, 0.15) is 134 Å². The minimum Gasteiger partial charge on any atom is -0.394 e. The number of hydrogen-bond donors (Lipinski definition) is 19. The van der Waals surface area contributed by atoms with E-state index in [4.69, 9.17) is 22.6 Å². The number of carbonyl (C=O) groups excluding carboxylic acids is 17. The van der Waals surface area contributed by atoms with Crippen molar-refractivity contribution in [2.24, 2.45) is 23.1 Å². The summed E-state index contributed by atoms with van der Waals surface area (Å²) in [5, 5.41) is 49.4. The number of primary amides is 2. The highest BCUT2D eigenvalue weighted by Crippen LogP contribution is 2.26. The molecule has 716 valence electrons. The third kappa shape index (κ3) is 30.0. The highest BCUT2D eigenvalue weighted by molar-refractivity contribution is 8.00. The zero-order valence-electron chi connectivity index (χ0n) is 75.9. The lowest BCUT2D eigenvalue weighted by molar-refractivity contribution is -0.149. The van der Waals surface area contributed by atoms with Gasteiger partial charge in [0.05, 0.1) is 38.2 Å². The maximum absolute atomic E-state index is 15.7. The second kappa shape index (κ2) is 50.6. The zero-order valence-corrected chi connectivity index (χ0v) is 76.7. The molecular formula is C89H126N24O18S. The third-order valence-electron chi connectivity index (χ3n) is 23.1. The molecule has 0 unspecified atom stereocenters. The number of rotatable bonds is 26. The van der Waals surface area contributed by atoms with E-state index in [9.17, 15) is 62.6 Å². The first kappa shape index (κ1) is 104. The molecule has 43 heteroatoms. The van der Waals surface area contributed by atoms with Gasteiger partial charge in [-0.15, -0.1) is 11.8 Å². The lowest BCUT2D eigenvalue weighted by Gasteiger charge is -2.36. The number of nitrogens with two attached hydrogens (primary N) is 3. The summed E-state index contributed by atoms with van der Waals surface area (Å²) in [6.45, 7) is 5.93. The van der Waals surface area contributed by atoms with Gasteiger partial charge < -0.3 is 120 Å². The standard InChI is InChI=1S/C89H126N24O18S/c1-10-12-30-69-82(125)102-60(29-21-33-95-89(92)93)78(121)108-68(77(120)98-44-73(91)116)47-132-48-75(118)101-64(36-52-23-15-14-16-24-52)85(128)110(7)51(5)76(119)104-66(40-72(90)115)87(130)113-34-22-32-70(113)83(126)103-62(39-55-43-94-49-99-55)80(123)105-63(35-50(3)4)84(127)109(6)45-74(117)100-61(37-53-41-96-58-27-19-17-25-56(53)58)79(122)107-67(46-114)81(124)106-65(38-54-42-97-59-28-20-18-26-57(54)59)86(129)112(9)71(31-13-11-2)88(131)111(69)8/h14-20,23-28,41-43,49-51,60-71,96-97,114H,10-13,21-22,29-40,44-48H2,1-9H3,(H2,90,115)(H2,91,116)(H,94,99)(H,98,120)(H,100,117)(H,101,118)(H,102,125)(H,103,126)(H,104,119)(H,105,123)(H,106,124)(H,107,122)(H,108,121)(H4,92,93,95)/t51-,60-,61-,62-,63-,64-,65-,66-,67+,68-,69-,70-,71-/m0/s1. The van der Waals surface area contributed by atoms with Gasteiger partial charge >= 0.3 is 0 Å². The largest absolute Gasteiger partial charge is 0.394 e. The predicted molar refractivity (Wildman–Crippen MR) is 490 cm³/mol. The Hall–Kier alpha value is -13.5. The van der Waals surface area contributed by atoms with Gasteiger partial charge in [0.2, 0.25) is 100 Å². The van der Waals surface area contributed by atoms with Crippen molar-refractivity contribution < 1.29 is 86.6 Å². The van der Waals surface area contributed by atoms with E-state index in [1.807, 2.05) is 13.8 Å². The Morgan fingerprint density at radius 2 is 1.08 bits per heavy atom. The number of nitrogens with one attached hydrogen (secondary N) is 15. The van der Waals surface area contributed by atoms with Crippen LogP contribution in [0.5, 0.6) is 0 Å². The topological polar surface area (TPSA) is 621 Å². The van der Waals surface area contributed by atoms with Gasteiger partial charge in [0.15, 0.2) is 5.96 Å². The summed E-state index contributed by atoms with van der Waals surface area (Å²) in [6.07, 6.45) is 6.01. The lowest BCUT2D eigenvalue weighted by Crippen LogP contribution is -2.61. The van der Waals surface area contributed by atoms with E-state index >= 15 is 24.0 Å². The molecule has 3 aromatic carbocycles. The van der Waals surface area contributed by atoms with E-state index < -0.39 is 223 Å². The molecule has 13 atom stereocenters. The smallest absolute Gasteiger partial charge is 0.246 e. The number of hydrogen-bond acceptors (Lipinski definition) is 21. The van der Waals surface area contributed by atoms with Crippen LogP contribution in [0.3, 0.4) is 0 Å². The van der Waals surface area contributed by atoms with E-state index in [1.165, 1.54) is 47.6 Å². The molecule has 2 aliphatic heterocycles. The van der Waals surface area contributed by atoms with Gasteiger partial charge in [-0.2, -0.15) is 0 Å². The third-order valence-corrected chi connectivity index (χ3v) is 24.2. The van der Waals surface area contributed by atoms with Crippen molar-refractivity contribution in [3.05, 3.63) is 126 Å². The number of aliphatic hydroxyl groups is 1. The summed E-state index contributed by atoms with van der Waals surface area (Å²) in [5.41, 5.74) is 20.0. The van der Waals surface area contributed by atoms with Crippen LogP contribution in [0.4, 0.5) is 0 Å². The van der Waals surface area contributed by atoms with Crippen LogP contribution in [0.25, 0.3) is 21.8 Å². The monoisotopic (exact) mass is 1850 g/mol. The fourth-order valence-corrected chi connectivity index (χ4v) is 16.7. The molecule has 17 amide bonds. The molecular weight excluding hydrogens is 1730 g/mol. The minimum absolute atomic E-state index is 0.00145. The lowest BCUT2D eigenvalue weighted by atomic mass is 10.00. The first-order valence-corrected chi connectivity index (χ1v) is 45.4. The number of imidazole rings is 1. The van der Waals surface area contributed by atoms with Crippen molar-refractivity contribution in [3.63, 3.8) is 0 Å². The molecule has 6 aromatic rings. The maximum Gasteiger partial charge on any atom is 0.246 e. The normalized spacial score (nSPS) is 23.5. The number of para-hydroxylation sites is 2. The molecule has 2 saturated heterocycles. The van der Waals surface area contributed by atoms with Crippen molar-refractivity contribution in [2.45, 2.75) is 216 Å². The molecule has 22 N–H and O–H groups in total. The van der Waals surface area contributed by atoms with Crippen LogP contribution < -0.4 is 75.7 Å². The van der Waals surface area contributed by atoms with Crippen LogP contribution in [0.2, 0.25) is 0 Å². The second-order valence-electron chi connectivity index (χ2n) is 33.7. The first-order chi connectivity index (χ1) is 62.9. The van der Waals surface area contributed by atoms with Crippen molar-refractivity contribution >= 4 is 140 Å². The molecule has 0 aliphatic carbocycles. The average molecular weight is 1850 g/mol. The Kier molecular flexibility index (Phi) is 39.9. The van der Waals surface area contributed by atoms with Gasteiger partial charge in [0, 0.05) is 119 Å². The first-order valence-electron chi connectivity index (χ1n) is 44.2. The average Bonchev–Trinajstić information content (AvgIpc) is 1.48. The SMILES string of the molecule is CCCC[C@H]1C(=O)N(C)[C@@H](CCCC)C(=O)N[C@@H](CCCNC(=N)N)C(=O)N[C@H](C(=O)NCC(N)=O)CSCC(=O)N[C@@H](Cc2ccccc2)C(=O)N(C)[C@@H](C)C(=O)N[C@@H](CC(N)=O)C(=O)N2CCC[C@H]2C(=O)N[C@@H](Cc2cnc[nH]2)C(=O)N[C@@H](CC(C)C)C(=O)N(C)CC(=O)N[C@@H](Cc2c[nH]c3ccccc23)C(=O)N[C@H](CO)C(=O)N[C@@H](Cc2c[nH]c3ccccc23)C(=O)N1C. The van der Waals surface area contributed by atoms with Crippen LogP contribution in [0, 0.1) is 11.3 Å². The Morgan fingerprint density at radius 1 is 0.538 bits per heavy atom. The Bertz CT molecular complexity index is 5050. The molecule has 3 aromatic heterocycles. The maximum atomic E-state index is 15.7. The molecule has 2 aliphatic rings. The molecule has 0 bridgehead atoms. The Labute approximate surface area is 768 Å². The number of carbonyl (C=O) groups is 17. The van der Waals surface area contributed by atoms with Crippen molar-refractivity contribution in [3.8, 4) is 0 Å². The quantitative estimate of drug-likeness (QED) is 0.0157. The zero-order chi connectivity index (χ0) is 96.6. The summed E-state index contributed by atoms with van der Waals surface area (Å²) in [4.78, 5) is 267. The van der Waals surface area contributed by atoms with Gasteiger partial charge in [-0.05, 0) is 86.6 Å². The highest BCUT2D eigenvalue weighted by Gasteiger charge is 2.44. The van der Waals surface area contributed by atoms with Crippen molar-refractivity contribution in [1.82, 2.24) is 103 Å². The summed E-state index contributed by atoms with van der Waals surface area (Å²) in [6, 6.07) is 2.90. The van der Waals surface area contributed by atoms with E-state index in [0.29, 0.717) is 69.9 Å². The van der Waals surface area contributed by atoms with Crippen LogP contribution in [-0.2, 0) is 107 Å². The summed E-state index contributed by atoms with van der Waals surface area (Å²) in [7, 11) is 5.25. The van der Waals surface area contributed by atoms with Gasteiger partial charge in [0.1, 0.15) is 78.5 Å². The van der Waals surface area contributed by atoms with Crippen molar-refractivity contribution in [2.75, 3.05) is 72.5 Å². The summed E-state index contributed by atoms with van der Waals surface area (Å²) < 4.78 is 0. The second-order valence-corrected chi connectivity index (χ2v) is 34.7. The molecule has 0 radical (unpaired) electrons. The molecule has 0 saturated carbocycles. The molecule has 0 spiro atoms. The Balaban J connectivity index is 1.18. The number of amides is 17. The fourth-order valence-electron chi connectivity index (χ4n) is 15.8. The number of thioether (sulfide) groups is 1. The molecule has 132 heavy (non-hydrogen) atoms. The van der Waals surface area contributed by atoms with E-state index in [1.54, 1.807) is 105 Å². The molecule has 42 nitrogen and oxygen atoms in total. The minimum atomic E-state index is -1.85. The van der Waals surface area contributed by atoms with Gasteiger partial charge in [0.25, 0.3) is 0 Å². The van der Waals surface area contributed by atoms with Crippen LogP contribution in [-0.4, -0.2) is 307 Å².